The SMILES string of the molecule is CCN(CC)P(OC(C)(C)C[Si](C)(C)C)OC(C)(C)C[Si](C)(C)C. The van der Waals surface area contributed by atoms with Crippen LogP contribution in [0.4, 0.5) is 0 Å². The molecule has 0 aliphatic heterocycles. The maximum absolute atomic E-state index is 6.63. The molecule has 0 saturated heterocycles. The Bertz CT molecular complexity index is 342. The van der Waals surface area contributed by atoms with Crippen LogP contribution in [0.3, 0.4) is 0 Å². The molecule has 0 unspecified atom stereocenters. The van der Waals surface area contributed by atoms with Gasteiger partial charge in [0, 0.05) is 29.2 Å². The Morgan fingerprint density at radius 3 is 1.21 bits per heavy atom. The van der Waals surface area contributed by atoms with Crippen molar-refractivity contribution in [3.05, 3.63) is 0 Å². The molecule has 0 radical (unpaired) electrons. The molecule has 0 aromatic rings. The second-order valence-corrected chi connectivity index (χ2v) is 22.9. The molecule has 0 heterocycles. The highest BCUT2D eigenvalue weighted by Crippen LogP contribution is 2.51. The second kappa shape index (κ2) is 9.10. The number of nitrogens with zero attached hydrogens (tertiary/aromatic N) is 1. The Kier molecular flexibility index (Phi) is 9.38. The first-order valence-corrected chi connectivity index (χ1v) is 18.0. The van der Waals surface area contributed by atoms with Gasteiger partial charge in [0.2, 0.25) is 0 Å². The van der Waals surface area contributed by atoms with Crippen molar-refractivity contribution in [2.24, 2.45) is 0 Å². The molecule has 0 N–H and O–H groups in total. The van der Waals surface area contributed by atoms with Gasteiger partial charge in [-0.15, -0.1) is 0 Å². The predicted octanol–water partition coefficient (Wildman–Crippen LogP) is 6.82. The van der Waals surface area contributed by atoms with E-state index in [2.05, 4.69) is 85.5 Å². The van der Waals surface area contributed by atoms with Crippen LogP contribution in [-0.4, -0.2) is 45.1 Å². The Labute approximate surface area is 155 Å². The van der Waals surface area contributed by atoms with Gasteiger partial charge in [0.25, 0.3) is 8.53 Å². The quantitative estimate of drug-likeness (QED) is 0.284. The van der Waals surface area contributed by atoms with Crippen molar-refractivity contribution in [1.29, 1.82) is 0 Å². The zero-order valence-corrected chi connectivity index (χ0v) is 21.4. The zero-order valence-electron chi connectivity index (χ0n) is 18.5. The van der Waals surface area contributed by atoms with Crippen molar-refractivity contribution in [2.75, 3.05) is 13.1 Å². The van der Waals surface area contributed by atoms with Gasteiger partial charge in [0.1, 0.15) is 0 Å². The van der Waals surface area contributed by atoms with Crippen LogP contribution < -0.4 is 0 Å². The molecule has 0 amide bonds. The predicted molar refractivity (Wildman–Crippen MR) is 116 cm³/mol. The average Bonchev–Trinajstić information content (AvgIpc) is 2.21. The lowest BCUT2D eigenvalue weighted by atomic mass is 10.2. The Balaban J connectivity index is 5.26. The molecular weight excluding hydrogens is 349 g/mol. The standard InChI is InChI=1S/C18H44NO2PSi2/c1-13-19(14-2)22(20-17(3,4)15-23(7,8)9)21-18(5,6)16-24(10,11)12/h13-16H2,1-12H3. The molecule has 6 heteroatoms. The summed E-state index contributed by atoms with van der Waals surface area (Å²) in [6.45, 7) is 29.7. The minimum absolute atomic E-state index is 0.131. The van der Waals surface area contributed by atoms with Gasteiger partial charge in [-0.1, -0.05) is 53.1 Å². The lowest BCUT2D eigenvalue weighted by Crippen LogP contribution is -2.39. The first kappa shape index (κ1) is 24.7. The summed E-state index contributed by atoms with van der Waals surface area (Å²) in [7, 11) is -3.42. The van der Waals surface area contributed by atoms with Gasteiger partial charge in [-0.3, -0.25) is 0 Å². The van der Waals surface area contributed by atoms with Crippen LogP contribution in [0.2, 0.25) is 51.4 Å². The summed E-state index contributed by atoms with van der Waals surface area (Å²) in [5, 5.41) is 0. The van der Waals surface area contributed by atoms with Gasteiger partial charge < -0.3 is 9.05 Å². The highest BCUT2D eigenvalue weighted by molar-refractivity contribution is 7.44. The summed E-state index contributed by atoms with van der Waals surface area (Å²) in [6, 6.07) is 2.30. The fourth-order valence-electron chi connectivity index (χ4n) is 3.63. The molecule has 0 saturated carbocycles. The molecule has 24 heavy (non-hydrogen) atoms. The molecule has 0 atom stereocenters. The number of hydrogen-bond acceptors (Lipinski definition) is 3. The fourth-order valence-corrected chi connectivity index (χ4v) is 10.8. The third-order valence-corrected chi connectivity index (χ3v) is 9.68. The smallest absolute Gasteiger partial charge is 0.259 e. The molecule has 0 aliphatic carbocycles. The highest BCUT2D eigenvalue weighted by atomic mass is 31.2. The molecule has 0 aromatic carbocycles. The van der Waals surface area contributed by atoms with Crippen LogP contribution >= 0.6 is 8.53 Å². The van der Waals surface area contributed by atoms with E-state index >= 15 is 0 Å². The number of rotatable bonds is 11. The van der Waals surface area contributed by atoms with E-state index < -0.39 is 24.7 Å². The van der Waals surface area contributed by atoms with Gasteiger partial charge in [-0.25, -0.2) is 4.67 Å². The summed E-state index contributed by atoms with van der Waals surface area (Å²) in [6.07, 6.45) is 0. The van der Waals surface area contributed by atoms with Gasteiger partial charge in [-0.05, 0) is 39.8 Å². The maximum Gasteiger partial charge on any atom is 0.259 e. The fraction of sp³-hybridized carbons (Fsp3) is 1.00. The lowest BCUT2D eigenvalue weighted by molar-refractivity contribution is 0.0526. The van der Waals surface area contributed by atoms with E-state index in [4.69, 9.17) is 9.05 Å². The van der Waals surface area contributed by atoms with Crippen LogP contribution in [0.1, 0.15) is 41.5 Å². The van der Waals surface area contributed by atoms with Crippen molar-refractivity contribution in [3.63, 3.8) is 0 Å². The van der Waals surface area contributed by atoms with Crippen LogP contribution in [0.15, 0.2) is 0 Å². The van der Waals surface area contributed by atoms with Crippen LogP contribution in [0, 0.1) is 0 Å². The molecule has 0 aliphatic rings. The van der Waals surface area contributed by atoms with Gasteiger partial charge in [0.15, 0.2) is 0 Å². The van der Waals surface area contributed by atoms with Gasteiger partial charge in [-0.2, -0.15) is 0 Å². The third-order valence-electron chi connectivity index (χ3n) is 3.52. The van der Waals surface area contributed by atoms with Gasteiger partial charge >= 0.3 is 0 Å². The molecule has 0 bridgehead atoms. The first-order valence-electron chi connectivity index (χ1n) is 9.43. The summed E-state index contributed by atoms with van der Waals surface area (Å²) >= 11 is 0. The van der Waals surface area contributed by atoms with Crippen molar-refractivity contribution in [2.45, 2.75) is 104 Å². The van der Waals surface area contributed by atoms with Crippen LogP contribution in [0.25, 0.3) is 0 Å². The van der Waals surface area contributed by atoms with Crippen molar-refractivity contribution < 1.29 is 9.05 Å². The average molecular weight is 394 g/mol. The molecule has 0 spiro atoms. The molecule has 0 rings (SSSR count). The molecular formula is C18H44NO2PSi2. The van der Waals surface area contributed by atoms with Crippen molar-refractivity contribution in [3.8, 4) is 0 Å². The van der Waals surface area contributed by atoms with Crippen LogP contribution in [0.5, 0.6) is 0 Å². The Hall–Kier alpha value is 0.744. The first-order chi connectivity index (χ1) is 10.5. The lowest BCUT2D eigenvalue weighted by Gasteiger charge is -2.41. The van der Waals surface area contributed by atoms with E-state index in [-0.39, 0.29) is 11.2 Å². The van der Waals surface area contributed by atoms with Crippen molar-refractivity contribution in [1.82, 2.24) is 4.67 Å². The topological polar surface area (TPSA) is 21.7 Å². The van der Waals surface area contributed by atoms with Gasteiger partial charge in [0.05, 0.1) is 11.2 Å². The van der Waals surface area contributed by atoms with E-state index in [0.717, 1.165) is 25.2 Å². The van der Waals surface area contributed by atoms with Crippen molar-refractivity contribution >= 4 is 24.7 Å². The van der Waals surface area contributed by atoms with E-state index in [0.29, 0.717) is 0 Å². The monoisotopic (exact) mass is 393 g/mol. The second-order valence-electron chi connectivity index (χ2n) is 10.6. The highest BCUT2D eigenvalue weighted by Gasteiger charge is 2.37. The summed E-state index contributed by atoms with van der Waals surface area (Å²) in [5.41, 5.74) is -0.262. The maximum atomic E-state index is 6.63. The molecule has 3 nitrogen and oxygen atoms in total. The summed E-state index contributed by atoms with van der Waals surface area (Å²) < 4.78 is 15.6. The molecule has 0 fully saturated rings. The third kappa shape index (κ3) is 11.4. The van der Waals surface area contributed by atoms with E-state index in [1.54, 1.807) is 0 Å². The Morgan fingerprint density at radius 1 is 0.708 bits per heavy atom. The van der Waals surface area contributed by atoms with E-state index in [9.17, 15) is 0 Å². The zero-order chi connectivity index (χ0) is 19.4. The minimum atomic E-state index is -1.19. The minimum Gasteiger partial charge on any atom is -0.316 e. The Morgan fingerprint density at radius 2 is 1.00 bits per heavy atom. The normalized spacial score (nSPS) is 14.8. The summed E-state index contributed by atoms with van der Waals surface area (Å²) in [5.74, 6) is 0. The summed E-state index contributed by atoms with van der Waals surface area (Å²) in [4.78, 5) is 0. The van der Waals surface area contributed by atoms with Crippen LogP contribution in [-0.2, 0) is 9.05 Å². The van der Waals surface area contributed by atoms with E-state index in [1.807, 2.05) is 0 Å². The molecule has 146 valence electrons. The largest absolute Gasteiger partial charge is 0.316 e. The van der Waals surface area contributed by atoms with E-state index in [1.165, 1.54) is 0 Å². The number of hydrogen-bond donors (Lipinski definition) is 0. The molecule has 0 aromatic heterocycles.